The normalized spacial score (nSPS) is 18.3. The van der Waals surface area contributed by atoms with Crippen LogP contribution in [-0.4, -0.2) is 34.8 Å². The van der Waals surface area contributed by atoms with Crippen LogP contribution in [0.3, 0.4) is 0 Å². The van der Waals surface area contributed by atoms with Gasteiger partial charge >= 0.3 is 0 Å². The number of hydrogen-bond donors (Lipinski definition) is 0. The van der Waals surface area contributed by atoms with E-state index >= 15 is 0 Å². The van der Waals surface area contributed by atoms with Crippen molar-refractivity contribution in [2.75, 3.05) is 20.8 Å². The van der Waals surface area contributed by atoms with E-state index in [0.29, 0.717) is 6.04 Å². The molecule has 0 amide bonds. The zero-order valence-electron chi connectivity index (χ0n) is 13.9. The van der Waals surface area contributed by atoms with Gasteiger partial charge in [-0.05, 0) is 31.1 Å². The molecule has 0 saturated carbocycles. The molecular weight excluding hydrogens is 310 g/mol. The number of nitrogens with zero attached hydrogens (tertiary/aromatic N) is 3. The summed E-state index contributed by atoms with van der Waals surface area (Å²) >= 11 is 5.46. The van der Waals surface area contributed by atoms with Crippen molar-refractivity contribution in [3.8, 4) is 11.5 Å². The Morgan fingerprint density at radius 2 is 2.04 bits per heavy atom. The van der Waals surface area contributed by atoms with Crippen LogP contribution in [0.25, 0.3) is 0 Å². The van der Waals surface area contributed by atoms with Gasteiger partial charge in [-0.25, -0.2) is 0 Å². The Hall–Kier alpha value is -1.79. The summed E-state index contributed by atoms with van der Waals surface area (Å²) < 4.78 is 15.8. The summed E-state index contributed by atoms with van der Waals surface area (Å²) in [5.41, 5.74) is 1.22. The van der Waals surface area contributed by atoms with Crippen molar-refractivity contribution in [3.63, 3.8) is 0 Å². The SMILES string of the molecule is COc1ccc([C@H]2CCCN2Cn2ccn(C)c2=S)c(OC)c1. The van der Waals surface area contributed by atoms with E-state index in [-0.39, 0.29) is 0 Å². The van der Waals surface area contributed by atoms with Gasteiger partial charge < -0.3 is 18.6 Å². The van der Waals surface area contributed by atoms with E-state index in [9.17, 15) is 0 Å². The highest BCUT2D eigenvalue weighted by Crippen LogP contribution is 2.38. The average molecular weight is 333 g/mol. The number of methoxy groups -OCH3 is 2. The monoisotopic (exact) mass is 333 g/mol. The predicted molar refractivity (Wildman–Crippen MR) is 92.5 cm³/mol. The molecule has 5 nitrogen and oxygen atoms in total. The maximum absolute atomic E-state index is 5.59. The van der Waals surface area contributed by atoms with Gasteiger partial charge in [0.15, 0.2) is 4.77 Å². The van der Waals surface area contributed by atoms with Gasteiger partial charge in [-0.3, -0.25) is 4.90 Å². The quantitative estimate of drug-likeness (QED) is 0.785. The van der Waals surface area contributed by atoms with Gasteiger partial charge in [0.2, 0.25) is 0 Å². The van der Waals surface area contributed by atoms with Crippen molar-refractivity contribution in [3.05, 3.63) is 40.9 Å². The molecule has 1 aromatic heterocycles. The number of rotatable bonds is 5. The first-order valence-corrected chi connectivity index (χ1v) is 8.22. The first-order chi connectivity index (χ1) is 11.1. The lowest BCUT2D eigenvalue weighted by molar-refractivity contribution is 0.197. The summed E-state index contributed by atoms with van der Waals surface area (Å²) in [7, 11) is 5.37. The van der Waals surface area contributed by atoms with Crippen LogP contribution in [0.1, 0.15) is 24.4 Å². The van der Waals surface area contributed by atoms with Crippen LogP contribution in [-0.2, 0) is 13.7 Å². The van der Waals surface area contributed by atoms with Crippen molar-refractivity contribution in [2.45, 2.75) is 25.6 Å². The van der Waals surface area contributed by atoms with Crippen LogP contribution in [0.4, 0.5) is 0 Å². The average Bonchev–Trinajstić information content (AvgIpc) is 3.16. The second-order valence-corrected chi connectivity index (χ2v) is 6.25. The maximum atomic E-state index is 5.59. The van der Waals surface area contributed by atoms with E-state index in [0.717, 1.165) is 35.9 Å². The summed E-state index contributed by atoms with van der Waals surface area (Å²) in [4.78, 5) is 2.46. The lowest BCUT2D eigenvalue weighted by Crippen LogP contribution is -2.26. The second-order valence-electron chi connectivity index (χ2n) is 5.88. The van der Waals surface area contributed by atoms with Crippen LogP contribution < -0.4 is 9.47 Å². The standard InChI is InChI=1S/C17H23N3O2S/c1-18-9-10-20(17(18)23)12-19-8-4-5-15(19)14-7-6-13(21-2)11-16(14)22-3/h6-7,9-11,15H,4-5,8,12H2,1-3H3/t15-/m1/s1. The fourth-order valence-corrected chi connectivity index (χ4v) is 3.43. The molecule has 0 bridgehead atoms. The summed E-state index contributed by atoms with van der Waals surface area (Å²) in [6, 6.07) is 6.42. The molecule has 1 aromatic carbocycles. The highest BCUT2D eigenvalue weighted by Gasteiger charge is 2.28. The zero-order valence-corrected chi connectivity index (χ0v) is 14.7. The summed E-state index contributed by atoms with van der Waals surface area (Å²) in [5.74, 6) is 1.71. The van der Waals surface area contributed by atoms with Crippen LogP contribution in [0, 0.1) is 4.77 Å². The number of aryl methyl sites for hydroxylation is 1. The molecule has 1 atom stereocenters. The first kappa shape index (κ1) is 16.1. The van der Waals surface area contributed by atoms with E-state index in [4.69, 9.17) is 21.7 Å². The lowest BCUT2D eigenvalue weighted by Gasteiger charge is -2.26. The minimum absolute atomic E-state index is 0.345. The molecule has 1 saturated heterocycles. The van der Waals surface area contributed by atoms with E-state index in [1.165, 1.54) is 12.0 Å². The summed E-state index contributed by atoms with van der Waals surface area (Å²) in [5, 5.41) is 0. The van der Waals surface area contributed by atoms with E-state index in [1.54, 1.807) is 14.2 Å². The van der Waals surface area contributed by atoms with Crippen LogP contribution in [0.5, 0.6) is 11.5 Å². The molecule has 0 radical (unpaired) electrons. The first-order valence-electron chi connectivity index (χ1n) is 7.81. The van der Waals surface area contributed by atoms with Gasteiger partial charge in [-0.15, -0.1) is 0 Å². The van der Waals surface area contributed by atoms with E-state index < -0.39 is 0 Å². The molecule has 0 N–H and O–H groups in total. The molecule has 0 aliphatic carbocycles. The number of imidazole rings is 1. The predicted octanol–water partition coefficient (Wildman–Crippen LogP) is 3.37. The summed E-state index contributed by atoms with van der Waals surface area (Å²) in [6.07, 6.45) is 6.35. The summed E-state index contributed by atoms with van der Waals surface area (Å²) in [6.45, 7) is 1.87. The fraction of sp³-hybridized carbons (Fsp3) is 0.471. The molecule has 2 aromatic rings. The third-order valence-corrected chi connectivity index (χ3v) is 5.04. The number of hydrogen-bond acceptors (Lipinski definition) is 4. The molecule has 0 spiro atoms. The molecule has 2 heterocycles. The van der Waals surface area contributed by atoms with Crippen molar-refractivity contribution < 1.29 is 9.47 Å². The topological polar surface area (TPSA) is 31.6 Å². The van der Waals surface area contributed by atoms with E-state index in [2.05, 4.69) is 15.5 Å². The van der Waals surface area contributed by atoms with Crippen LogP contribution >= 0.6 is 12.2 Å². The van der Waals surface area contributed by atoms with Crippen molar-refractivity contribution in [2.24, 2.45) is 7.05 Å². The lowest BCUT2D eigenvalue weighted by atomic mass is 10.0. The van der Waals surface area contributed by atoms with Crippen LogP contribution in [0.2, 0.25) is 0 Å². The zero-order chi connectivity index (χ0) is 16.4. The third-order valence-electron chi connectivity index (χ3n) is 4.51. The molecule has 1 fully saturated rings. The second kappa shape index (κ2) is 6.76. The van der Waals surface area contributed by atoms with Gasteiger partial charge in [-0.2, -0.15) is 0 Å². The fourth-order valence-electron chi connectivity index (χ4n) is 3.26. The number of likely N-dealkylation sites (tertiary alicyclic amines) is 1. The van der Waals surface area contributed by atoms with Gasteiger partial charge in [0.1, 0.15) is 11.5 Å². The molecular formula is C17H23N3O2S. The van der Waals surface area contributed by atoms with Crippen molar-refractivity contribution in [1.29, 1.82) is 0 Å². The number of ether oxygens (including phenoxy) is 2. The minimum Gasteiger partial charge on any atom is -0.497 e. The largest absolute Gasteiger partial charge is 0.497 e. The van der Waals surface area contributed by atoms with E-state index in [1.807, 2.05) is 36.1 Å². The Morgan fingerprint density at radius 3 is 2.70 bits per heavy atom. The molecule has 1 aliphatic heterocycles. The Bertz CT molecular complexity index is 738. The van der Waals surface area contributed by atoms with Gasteiger partial charge in [-0.1, -0.05) is 6.07 Å². The molecule has 6 heteroatoms. The number of aromatic nitrogens is 2. The molecule has 23 heavy (non-hydrogen) atoms. The Kier molecular flexibility index (Phi) is 4.73. The van der Waals surface area contributed by atoms with Crippen LogP contribution in [0.15, 0.2) is 30.6 Å². The molecule has 0 unspecified atom stereocenters. The Labute approximate surface area is 142 Å². The highest BCUT2D eigenvalue weighted by molar-refractivity contribution is 7.71. The number of benzene rings is 1. The Morgan fingerprint density at radius 1 is 1.22 bits per heavy atom. The van der Waals surface area contributed by atoms with Crippen molar-refractivity contribution in [1.82, 2.24) is 14.0 Å². The van der Waals surface area contributed by atoms with Gasteiger partial charge in [0.25, 0.3) is 0 Å². The molecule has 3 rings (SSSR count). The molecule has 124 valence electrons. The minimum atomic E-state index is 0.345. The van der Waals surface area contributed by atoms with Gasteiger partial charge in [0, 0.05) is 43.7 Å². The highest BCUT2D eigenvalue weighted by atomic mass is 32.1. The molecule has 1 aliphatic rings. The van der Waals surface area contributed by atoms with Crippen molar-refractivity contribution >= 4 is 12.2 Å². The van der Waals surface area contributed by atoms with Gasteiger partial charge in [0.05, 0.1) is 20.9 Å². The maximum Gasteiger partial charge on any atom is 0.180 e. The Balaban J connectivity index is 1.87. The third kappa shape index (κ3) is 3.14. The smallest absolute Gasteiger partial charge is 0.180 e.